The minimum atomic E-state index is -5.72. The van der Waals surface area contributed by atoms with Crippen LogP contribution in [0, 0.1) is 0 Å². The number of hydrogen-bond donors (Lipinski definition) is 0. The van der Waals surface area contributed by atoms with Gasteiger partial charge in [0.05, 0.1) is 11.9 Å². The van der Waals surface area contributed by atoms with Crippen molar-refractivity contribution in [3.05, 3.63) is 40.0 Å². The van der Waals surface area contributed by atoms with E-state index >= 15 is 0 Å². The van der Waals surface area contributed by atoms with E-state index in [-0.39, 0.29) is 10.5 Å². The lowest BCUT2D eigenvalue weighted by Gasteiger charge is -2.20. The predicted octanol–water partition coefficient (Wildman–Crippen LogP) is 3.25. The molecule has 108 valence electrons. The average Bonchev–Trinajstić information content (AvgIpc) is 2.31. The maximum Gasteiger partial charge on any atom is 0.455 e. The summed E-state index contributed by atoms with van der Waals surface area (Å²) in [7, 11) is 0. The van der Waals surface area contributed by atoms with Crippen molar-refractivity contribution in [2.24, 2.45) is 0 Å². The summed E-state index contributed by atoms with van der Waals surface area (Å²) in [6.07, 6.45) is -3.83. The van der Waals surface area contributed by atoms with Gasteiger partial charge in [-0.3, -0.25) is 4.79 Å². The van der Waals surface area contributed by atoms with Gasteiger partial charge in [-0.15, -0.1) is 0 Å². The molecular formula is C11H6ClF5N2O. The van der Waals surface area contributed by atoms with Crippen molar-refractivity contribution in [1.29, 1.82) is 0 Å². The highest BCUT2D eigenvalue weighted by molar-refractivity contribution is 6.30. The van der Waals surface area contributed by atoms with E-state index < -0.39 is 24.2 Å². The van der Waals surface area contributed by atoms with E-state index in [1.165, 1.54) is 12.1 Å². The summed E-state index contributed by atoms with van der Waals surface area (Å²) in [5, 5.41) is 0.298. The average molecular weight is 313 g/mol. The molecule has 0 aliphatic rings. The van der Waals surface area contributed by atoms with Crippen molar-refractivity contribution >= 4 is 22.4 Å². The van der Waals surface area contributed by atoms with Crippen LogP contribution in [0.15, 0.2) is 29.3 Å². The number of fused-ring (bicyclic) bond motifs is 1. The lowest BCUT2D eigenvalue weighted by Crippen LogP contribution is -2.42. The van der Waals surface area contributed by atoms with Gasteiger partial charge >= 0.3 is 12.1 Å². The van der Waals surface area contributed by atoms with Crippen molar-refractivity contribution in [1.82, 2.24) is 9.55 Å². The fourth-order valence-electron chi connectivity index (χ4n) is 1.58. The van der Waals surface area contributed by atoms with Gasteiger partial charge in [0.1, 0.15) is 5.15 Å². The van der Waals surface area contributed by atoms with Gasteiger partial charge in [0, 0.05) is 12.4 Å². The van der Waals surface area contributed by atoms with E-state index in [0.717, 1.165) is 12.4 Å². The molecule has 0 aliphatic carbocycles. The van der Waals surface area contributed by atoms with Crippen molar-refractivity contribution < 1.29 is 22.0 Å². The first-order valence-corrected chi connectivity index (χ1v) is 5.59. The third-order valence-corrected chi connectivity index (χ3v) is 2.82. The summed E-state index contributed by atoms with van der Waals surface area (Å²) in [5.74, 6) is -5.00. The number of nitrogens with zero attached hydrogens (tertiary/aromatic N) is 2. The predicted molar refractivity (Wildman–Crippen MR) is 62.0 cm³/mol. The Bertz CT molecular complexity index is 710. The van der Waals surface area contributed by atoms with Crippen LogP contribution >= 0.6 is 11.6 Å². The molecule has 0 bridgehead atoms. The Morgan fingerprint density at radius 1 is 1.25 bits per heavy atom. The molecule has 0 saturated carbocycles. The van der Waals surface area contributed by atoms with E-state index in [9.17, 15) is 26.7 Å². The summed E-state index contributed by atoms with van der Waals surface area (Å²) in [6.45, 7) is -1.78. The highest BCUT2D eigenvalue weighted by atomic mass is 35.5. The van der Waals surface area contributed by atoms with Gasteiger partial charge in [0.15, 0.2) is 0 Å². The molecule has 3 nitrogen and oxygen atoms in total. The number of aromatic nitrogens is 2. The fourth-order valence-corrected chi connectivity index (χ4v) is 1.75. The van der Waals surface area contributed by atoms with Crippen molar-refractivity contribution in [3.63, 3.8) is 0 Å². The zero-order chi connectivity index (χ0) is 15.1. The minimum Gasteiger partial charge on any atom is -0.308 e. The molecule has 2 rings (SSSR count). The maximum absolute atomic E-state index is 12.9. The Labute approximate surface area is 113 Å². The topological polar surface area (TPSA) is 34.9 Å². The van der Waals surface area contributed by atoms with Crippen LogP contribution in [0.2, 0.25) is 5.15 Å². The van der Waals surface area contributed by atoms with Crippen LogP contribution in [0.25, 0.3) is 10.8 Å². The van der Waals surface area contributed by atoms with Crippen LogP contribution in [0.5, 0.6) is 0 Å². The zero-order valence-electron chi connectivity index (χ0n) is 9.59. The van der Waals surface area contributed by atoms with Crippen molar-refractivity contribution in [3.8, 4) is 0 Å². The monoisotopic (exact) mass is 312 g/mol. The largest absolute Gasteiger partial charge is 0.455 e. The Kier molecular flexibility index (Phi) is 3.45. The smallest absolute Gasteiger partial charge is 0.308 e. The summed E-state index contributed by atoms with van der Waals surface area (Å²) in [4.78, 5) is 15.4. The number of halogens is 6. The number of rotatable bonds is 2. The Balaban J connectivity index is 2.50. The second kappa shape index (κ2) is 4.69. The molecule has 2 heterocycles. The van der Waals surface area contributed by atoms with Gasteiger partial charge in [0.2, 0.25) is 0 Å². The SMILES string of the molecule is O=c1c2cnc(Cl)cc2ccn1CC(F)(F)C(F)(F)F. The molecule has 0 amide bonds. The molecule has 9 heteroatoms. The van der Waals surface area contributed by atoms with E-state index in [2.05, 4.69) is 4.98 Å². The number of hydrogen-bond acceptors (Lipinski definition) is 2. The first kappa shape index (κ1) is 14.7. The van der Waals surface area contributed by atoms with E-state index in [1.54, 1.807) is 0 Å². The van der Waals surface area contributed by atoms with Gasteiger partial charge in [-0.1, -0.05) is 11.6 Å². The Hall–Kier alpha value is -1.70. The molecule has 2 aromatic rings. The molecule has 0 saturated heterocycles. The molecule has 0 aromatic carbocycles. The summed E-state index contributed by atoms with van der Waals surface area (Å²) in [6, 6.07) is 2.53. The third-order valence-electron chi connectivity index (χ3n) is 2.61. The van der Waals surface area contributed by atoms with Gasteiger partial charge in [-0.25, -0.2) is 4.98 Å². The van der Waals surface area contributed by atoms with E-state index in [1.807, 2.05) is 0 Å². The molecule has 0 unspecified atom stereocenters. The Morgan fingerprint density at radius 3 is 2.50 bits per heavy atom. The molecule has 2 aromatic heterocycles. The van der Waals surface area contributed by atoms with E-state index in [0.29, 0.717) is 9.95 Å². The van der Waals surface area contributed by atoms with Gasteiger partial charge in [0.25, 0.3) is 5.56 Å². The number of pyridine rings is 2. The fraction of sp³-hybridized carbons (Fsp3) is 0.273. The van der Waals surface area contributed by atoms with Crippen LogP contribution in [0.1, 0.15) is 0 Å². The van der Waals surface area contributed by atoms with Crippen molar-refractivity contribution in [2.75, 3.05) is 0 Å². The highest BCUT2D eigenvalue weighted by Crippen LogP contribution is 2.36. The lowest BCUT2D eigenvalue weighted by atomic mass is 10.2. The molecule has 20 heavy (non-hydrogen) atoms. The first-order chi connectivity index (χ1) is 9.12. The van der Waals surface area contributed by atoms with Gasteiger partial charge in [-0.05, 0) is 17.5 Å². The summed E-state index contributed by atoms with van der Waals surface area (Å²) in [5.41, 5.74) is -0.990. The third kappa shape index (κ3) is 2.60. The van der Waals surface area contributed by atoms with Gasteiger partial charge in [-0.2, -0.15) is 22.0 Å². The van der Waals surface area contributed by atoms with Crippen LogP contribution in [0.3, 0.4) is 0 Å². The lowest BCUT2D eigenvalue weighted by molar-refractivity contribution is -0.287. The number of alkyl halides is 5. The standard InChI is InChI=1S/C11H6ClF5N2O/c12-8-3-6-1-2-19(9(20)7(6)4-18-8)5-10(13,14)11(15,16)17/h1-4H,5H2. The highest BCUT2D eigenvalue weighted by Gasteiger charge is 2.57. The van der Waals surface area contributed by atoms with Crippen LogP contribution in [0.4, 0.5) is 22.0 Å². The molecule has 0 aliphatic heterocycles. The van der Waals surface area contributed by atoms with Crippen molar-refractivity contribution in [2.45, 2.75) is 18.6 Å². The minimum absolute atomic E-state index is 0.0790. The second-order valence-electron chi connectivity index (χ2n) is 4.05. The first-order valence-electron chi connectivity index (χ1n) is 5.21. The molecule has 0 fully saturated rings. The molecule has 0 atom stereocenters. The Morgan fingerprint density at radius 2 is 1.90 bits per heavy atom. The molecule has 0 N–H and O–H groups in total. The van der Waals surface area contributed by atoms with Crippen LogP contribution in [-0.4, -0.2) is 21.6 Å². The quantitative estimate of drug-likeness (QED) is 0.630. The molecule has 0 radical (unpaired) electrons. The maximum atomic E-state index is 12.9. The zero-order valence-corrected chi connectivity index (χ0v) is 10.3. The van der Waals surface area contributed by atoms with Crippen LogP contribution < -0.4 is 5.56 Å². The molecule has 0 spiro atoms. The van der Waals surface area contributed by atoms with E-state index in [4.69, 9.17) is 11.6 Å². The van der Waals surface area contributed by atoms with Crippen LogP contribution in [-0.2, 0) is 6.54 Å². The molecular weight excluding hydrogens is 307 g/mol. The van der Waals surface area contributed by atoms with Gasteiger partial charge < -0.3 is 4.57 Å². The summed E-state index contributed by atoms with van der Waals surface area (Å²) < 4.78 is 62.5. The summed E-state index contributed by atoms with van der Waals surface area (Å²) >= 11 is 5.59. The second-order valence-corrected chi connectivity index (χ2v) is 4.43. The normalized spacial score (nSPS) is 12.9.